The minimum absolute atomic E-state index is 0.105. The molecule has 0 spiro atoms. The van der Waals surface area contributed by atoms with Crippen LogP contribution in [0.3, 0.4) is 0 Å². The zero-order valence-electron chi connectivity index (χ0n) is 29.5. The molecule has 4 aromatic rings. The van der Waals surface area contributed by atoms with E-state index in [1.54, 1.807) is 0 Å². The Balaban J connectivity index is 1.57. The van der Waals surface area contributed by atoms with E-state index in [4.69, 9.17) is 28.0 Å². The molecule has 0 amide bonds. The van der Waals surface area contributed by atoms with Gasteiger partial charge in [0.05, 0.1) is 57.0 Å². The Morgan fingerprint density at radius 1 is 0.500 bits per heavy atom. The summed E-state index contributed by atoms with van der Waals surface area (Å²) in [4.78, 5) is 0. The lowest BCUT2D eigenvalue weighted by Crippen LogP contribution is -2.64. The van der Waals surface area contributed by atoms with Gasteiger partial charge in [-0.25, -0.2) is 0 Å². The van der Waals surface area contributed by atoms with Gasteiger partial charge in [0.25, 0.3) is 0 Å². The van der Waals surface area contributed by atoms with Crippen molar-refractivity contribution in [3.63, 3.8) is 0 Å². The zero-order valence-corrected chi connectivity index (χ0v) is 30.3. The van der Waals surface area contributed by atoms with Gasteiger partial charge in [-0.1, -0.05) is 121 Å². The third kappa shape index (κ3) is 11.2. The molecular formula is C41H51O8P. The first-order valence-corrected chi connectivity index (χ1v) is 19.2. The molecule has 0 aromatic heterocycles. The second-order valence-electron chi connectivity index (χ2n) is 13.3. The monoisotopic (exact) mass is 702 g/mol. The molecule has 1 aliphatic carbocycles. The number of rotatable bonds is 18. The molecule has 1 N–H and O–H groups in total. The van der Waals surface area contributed by atoms with E-state index in [0.717, 1.165) is 22.3 Å². The molecule has 8 nitrogen and oxygen atoms in total. The Morgan fingerprint density at radius 3 is 1.14 bits per heavy atom. The van der Waals surface area contributed by atoms with Crippen LogP contribution in [-0.2, 0) is 59.0 Å². The number of hydrogen-bond acceptors (Lipinski definition) is 8. The maximum absolute atomic E-state index is 14.5. The van der Waals surface area contributed by atoms with E-state index < -0.39 is 44.0 Å². The third-order valence-electron chi connectivity index (χ3n) is 8.49. The highest BCUT2D eigenvalue weighted by Gasteiger charge is 2.55. The number of ether oxygens (including phenoxy) is 4. The second-order valence-corrected chi connectivity index (χ2v) is 15.3. The fourth-order valence-corrected chi connectivity index (χ4v) is 8.78. The summed E-state index contributed by atoms with van der Waals surface area (Å²) in [6.45, 7) is 8.27. The summed E-state index contributed by atoms with van der Waals surface area (Å²) in [5.41, 5.74) is 3.83. The molecule has 6 atom stereocenters. The molecule has 268 valence electrons. The normalized spacial score (nSPS) is 22.6. The standard InChI is InChI=1S/C41H51O8P/c1-30(2)48-50(43,49-31(3)4)29-36-37(42)39(45-26-33-19-11-6-12-20-33)41(47-28-35-23-15-8-16-24-35)40(46-27-34-21-13-7-14-22-34)38(36)44-25-32-17-9-5-10-18-32/h5-24,30-31,36-42H,25-29H2,1-4H3/t36-,37-,38-,39-,40+,41+/m1/s1. The molecule has 5 rings (SSSR count). The van der Waals surface area contributed by atoms with E-state index in [-0.39, 0.29) is 44.8 Å². The van der Waals surface area contributed by atoms with Crippen LogP contribution in [0.15, 0.2) is 121 Å². The Hall–Kier alpha value is -3.17. The minimum Gasteiger partial charge on any atom is -0.390 e. The van der Waals surface area contributed by atoms with Crippen LogP contribution >= 0.6 is 7.60 Å². The Labute approximate surface area is 297 Å². The van der Waals surface area contributed by atoms with Crippen molar-refractivity contribution in [3.8, 4) is 0 Å². The maximum atomic E-state index is 14.5. The largest absolute Gasteiger partial charge is 0.390 e. The van der Waals surface area contributed by atoms with E-state index >= 15 is 0 Å². The quantitative estimate of drug-likeness (QED) is 0.104. The van der Waals surface area contributed by atoms with Gasteiger partial charge in [-0.05, 0) is 49.9 Å². The smallest absolute Gasteiger partial charge is 0.331 e. The van der Waals surface area contributed by atoms with Crippen LogP contribution in [0.4, 0.5) is 0 Å². The minimum atomic E-state index is -3.75. The van der Waals surface area contributed by atoms with Crippen molar-refractivity contribution in [1.82, 2.24) is 0 Å². The molecule has 0 bridgehead atoms. The highest BCUT2D eigenvalue weighted by Crippen LogP contribution is 2.54. The van der Waals surface area contributed by atoms with Gasteiger partial charge in [-0.3, -0.25) is 4.57 Å². The SMILES string of the molecule is CC(C)OP(=O)(C[C@@H]1[C@@H](O)[C@@H](OCc2ccccc2)[C@H](OCc2ccccc2)[C@@H](OCc2ccccc2)[C@@H]1OCc1ccccc1)OC(C)C. The summed E-state index contributed by atoms with van der Waals surface area (Å²) in [6.07, 6.45) is -5.15. The third-order valence-corrected chi connectivity index (χ3v) is 10.8. The van der Waals surface area contributed by atoms with Gasteiger partial charge < -0.3 is 33.1 Å². The van der Waals surface area contributed by atoms with Crippen LogP contribution in [0.25, 0.3) is 0 Å². The fourth-order valence-electron chi connectivity index (χ4n) is 6.33. The van der Waals surface area contributed by atoms with Gasteiger partial charge in [0.1, 0.15) is 18.3 Å². The van der Waals surface area contributed by atoms with E-state index in [1.807, 2.05) is 149 Å². The molecule has 0 saturated heterocycles. The summed E-state index contributed by atoms with van der Waals surface area (Å²) in [5.74, 6) is -0.764. The van der Waals surface area contributed by atoms with Crippen molar-refractivity contribution in [2.75, 3.05) is 6.16 Å². The molecule has 4 aromatic carbocycles. The molecule has 0 unspecified atom stereocenters. The highest BCUT2D eigenvalue weighted by molar-refractivity contribution is 7.53. The topological polar surface area (TPSA) is 92.7 Å². The van der Waals surface area contributed by atoms with Crippen LogP contribution in [-0.4, -0.2) is 54.0 Å². The van der Waals surface area contributed by atoms with Crippen LogP contribution in [0.2, 0.25) is 0 Å². The van der Waals surface area contributed by atoms with Crippen LogP contribution in [0.5, 0.6) is 0 Å². The molecule has 1 aliphatic rings. The fraction of sp³-hybridized carbons (Fsp3) is 0.415. The molecular weight excluding hydrogens is 651 g/mol. The van der Waals surface area contributed by atoms with E-state index in [0.29, 0.717) is 0 Å². The average molecular weight is 703 g/mol. The first-order chi connectivity index (χ1) is 24.2. The summed E-state index contributed by atoms with van der Waals surface area (Å²) < 4.78 is 53.4. The van der Waals surface area contributed by atoms with Gasteiger partial charge in [-0.15, -0.1) is 0 Å². The maximum Gasteiger partial charge on any atom is 0.331 e. The molecule has 0 radical (unpaired) electrons. The van der Waals surface area contributed by atoms with Crippen LogP contribution < -0.4 is 0 Å². The first kappa shape index (κ1) is 38.1. The summed E-state index contributed by atoms with van der Waals surface area (Å²) in [7, 11) is -3.75. The van der Waals surface area contributed by atoms with Crippen molar-refractivity contribution in [2.45, 2.75) is 96.9 Å². The number of benzene rings is 4. The van der Waals surface area contributed by atoms with Gasteiger partial charge >= 0.3 is 7.60 Å². The van der Waals surface area contributed by atoms with Gasteiger partial charge in [0, 0.05) is 5.92 Å². The summed E-state index contributed by atoms with van der Waals surface area (Å²) in [6, 6.07) is 39.4. The predicted molar refractivity (Wildman–Crippen MR) is 194 cm³/mol. The van der Waals surface area contributed by atoms with Gasteiger partial charge in [-0.2, -0.15) is 0 Å². The Kier molecular flexibility index (Phi) is 14.4. The predicted octanol–water partition coefficient (Wildman–Crippen LogP) is 8.36. The molecule has 9 heteroatoms. The lowest BCUT2D eigenvalue weighted by Gasteiger charge is -2.49. The van der Waals surface area contributed by atoms with Crippen molar-refractivity contribution in [3.05, 3.63) is 144 Å². The van der Waals surface area contributed by atoms with Crippen molar-refractivity contribution < 1.29 is 37.7 Å². The highest BCUT2D eigenvalue weighted by atomic mass is 31.2. The van der Waals surface area contributed by atoms with Crippen molar-refractivity contribution >= 4 is 7.60 Å². The number of hydrogen-bond donors (Lipinski definition) is 1. The first-order valence-electron chi connectivity index (χ1n) is 17.5. The number of aliphatic hydroxyl groups excluding tert-OH is 1. The second kappa shape index (κ2) is 18.9. The molecule has 50 heavy (non-hydrogen) atoms. The van der Waals surface area contributed by atoms with Gasteiger partial charge in [0.2, 0.25) is 0 Å². The molecule has 1 fully saturated rings. The number of aliphatic hydroxyl groups is 1. The summed E-state index contributed by atoms with van der Waals surface area (Å²) in [5, 5.41) is 12.4. The lowest BCUT2D eigenvalue weighted by molar-refractivity contribution is -0.258. The Morgan fingerprint density at radius 2 is 0.800 bits per heavy atom. The Bertz CT molecular complexity index is 1560. The van der Waals surface area contributed by atoms with Gasteiger partial charge in [0.15, 0.2) is 0 Å². The van der Waals surface area contributed by atoms with E-state index in [9.17, 15) is 9.67 Å². The van der Waals surface area contributed by atoms with E-state index in [1.165, 1.54) is 0 Å². The van der Waals surface area contributed by atoms with Crippen molar-refractivity contribution in [1.29, 1.82) is 0 Å². The lowest BCUT2D eigenvalue weighted by atomic mass is 9.78. The molecule has 0 heterocycles. The molecule has 0 aliphatic heterocycles. The van der Waals surface area contributed by atoms with Crippen LogP contribution in [0, 0.1) is 5.92 Å². The zero-order chi connectivity index (χ0) is 35.3. The van der Waals surface area contributed by atoms with E-state index in [2.05, 4.69) is 0 Å². The van der Waals surface area contributed by atoms with Crippen molar-refractivity contribution in [2.24, 2.45) is 5.92 Å². The van der Waals surface area contributed by atoms with Crippen LogP contribution in [0.1, 0.15) is 49.9 Å². The average Bonchev–Trinajstić information content (AvgIpc) is 3.11. The molecule has 1 saturated carbocycles. The summed E-state index contributed by atoms with van der Waals surface area (Å²) >= 11 is 0.